The zero-order valence-electron chi connectivity index (χ0n) is 10.3. The van der Waals surface area contributed by atoms with E-state index in [2.05, 4.69) is 4.98 Å². The van der Waals surface area contributed by atoms with Crippen molar-refractivity contribution in [3.8, 4) is 11.5 Å². The van der Waals surface area contributed by atoms with E-state index in [-0.39, 0.29) is 0 Å². The summed E-state index contributed by atoms with van der Waals surface area (Å²) >= 11 is 1.59. The van der Waals surface area contributed by atoms with E-state index in [1.807, 2.05) is 29.6 Å². The highest BCUT2D eigenvalue weighted by Crippen LogP contribution is 2.17. The molecule has 0 unspecified atom stereocenters. The second-order valence-electron chi connectivity index (χ2n) is 3.71. The molecule has 0 saturated carbocycles. The van der Waals surface area contributed by atoms with Crippen LogP contribution in [0.25, 0.3) is 0 Å². The Kier molecular flexibility index (Phi) is 4.55. The van der Waals surface area contributed by atoms with Gasteiger partial charge in [-0.2, -0.15) is 0 Å². The number of hydrogen-bond donors (Lipinski definition) is 1. The standard InChI is InChI=1S/C13H16N2O2S/c1-16-11-2-4-12(5-3-11)17-7-6-10-9-18-13(8-14)15-10/h2-5,9H,6-8,14H2,1H3. The Hall–Kier alpha value is -1.59. The second-order valence-corrected chi connectivity index (χ2v) is 4.65. The average Bonchev–Trinajstić information content (AvgIpc) is 2.87. The number of aromatic nitrogens is 1. The molecule has 0 fully saturated rings. The van der Waals surface area contributed by atoms with Crippen LogP contribution in [0.2, 0.25) is 0 Å². The molecule has 2 rings (SSSR count). The van der Waals surface area contributed by atoms with Crippen molar-refractivity contribution in [1.29, 1.82) is 0 Å². The van der Waals surface area contributed by atoms with Gasteiger partial charge in [0.25, 0.3) is 0 Å². The predicted molar refractivity (Wildman–Crippen MR) is 72.2 cm³/mol. The Balaban J connectivity index is 1.80. The molecule has 2 aromatic rings. The van der Waals surface area contributed by atoms with Crippen molar-refractivity contribution in [3.05, 3.63) is 40.3 Å². The number of thiazole rings is 1. The molecule has 0 aliphatic rings. The summed E-state index contributed by atoms with van der Waals surface area (Å²) in [5, 5.41) is 2.99. The van der Waals surface area contributed by atoms with Gasteiger partial charge in [0.2, 0.25) is 0 Å². The molecule has 4 nitrogen and oxygen atoms in total. The van der Waals surface area contributed by atoms with Crippen LogP contribution in [0.3, 0.4) is 0 Å². The Morgan fingerprint density at radius 3 is 2.56 bits per heavy atom. The van der Waals surface area contributed by atoms with Gasteiger partial charge in [-0.25, -0.2) is 4.98 Å². The lowest BCUT2D eigenvalue weighted by Gasteiger charge is -2.05. The molecule has 0 atom stereocenters. The van der Waals surface area contributed by atoms with Crippen molar-refractivity contribution in [2.24, 2.45) is 5.73 Å². The van der Waals surface area contributed by atoms with Crippen molar-refractivity contribution in [2.45, 2.75) is 13.0 Å². The number of nitrogens with zero attached hydrogens (tertiary/aromatic N) is 1. The second kappa shape index (κ2) is 6.37. The summed E-state index contributed by atoms with van der Waals surface area (Å²) in [6, 6.07) is 7.55. The van der Waals surface area contributed by atoms with Crippen molar-refractivity contribution in [1.82, 2.24) is 4.98 Å². The topological polar surface area (TPSA) is 57.4 Å². The molecule has 96 valence electrons. The molecule has 0 radical (unpaired) electrons. The Morgan fingerprint density at radius 2 is 1.94 bits per heavy atom. The number of ether oxygens (including phenoxy) is 2. The zero-order chi connectivity index (χ0) is 12.8. The van der Waals surface area contributed by atoms with E-state index >= 15 is 0 Å². The Morgan fingerprint density at radius 1 is 1.22 bits per heavy atom. The third kappa shape index (κ3) is 3.45. The van der Waals surface area contributed by atoms with Crippen molar-refractivity contribution in [3.63, 3.8) is 0 Å². The fourth-order valence-corrected chi connectivity index (χ4v) is 2.21. The summed E-state index contributed by atoms with van der Waals surface area (Å²) in [4.78, 5) is 4.38. The molecular weight excluding hydrogens is 248 g/mol. The van der Waals surface area contributed by atoms with Crippen LogP contribution in [0.1, 0.15) is 10.7 Å². The van der Waals surface area contributed by atoms with Crippen LogP contribution in [-0.2, 0) is 13.0 Å². The van der Waals surface area contributed by atoms with E-state index in [9.17, 15) is 0 Å². The predicted octanol–water partition coefficient (Wildman–Crippen LogP) is 2.23. The molecule has 18 heavy (non-hydrogen) atoms. The number of benzene rings is 1. The van der Waals surface area contributed by atoms with E-state index in [0.29, 0.717) is 13.2 Å². The molecule has 1 aromatic carbocycles. The van der Waals surface area contributed by atoms with Gasteiger partial charge in [0.1, 0.15) is 16.5 Å². The van der Waals surface area contributed by atoms with E-state index in [1.54, 1.807) is 18.4 Å². The van der Waals surface area contributed by atoms with Crippen LogP contribution in [0, 0.1) is 0 Å². The highest BCUT2D eigenvalue weighted by molar-refractivity contribution is 7.09. The summed E-state index contributed by atoms with van der Waals surface area (Å²) in [5.41, 5.74) is 6.55. The van der Waals surface area contributed by atoms with E-state index in [4.69, 9.17) is 15.2 Å². The smallest absolute Gasteiger partial charge is 0.119 e. The maximum absolute atomic E-state index is 5.63. The number of nitrogens with two attached hydrogens (primary N) is 1. The minimum Gasteiger partial charge on any atom is -0.497 e. The molecule has 0 aliphatic carbocycles. The minimum atomic E-state index is 0.504. The molecule has 5 heteroatoms. The summed E-state index contributed by atoms with van der Waals surface area (Å²) in [5.74, 6) is 1.67. The van der Waals surface area contributed by atoms with E-state index in [0.717, 1.165) is 28.6 Å². The molecule has 0 saturated heterocycles. The number of hydrogen-bond acceptors (Lipinski definition) is 5. The molecule has 1 heterocycles. The molecular formula is C13H16N2O2S. The quantitative estimate of drug-likeness (QED) is 0.869. The lowest BCUT2D eigenvalue weighted by molar-refractivity contribution is 0.320. The Bertz CT molecular complexity index is 482. The van der Waals surface area contributed by atoms with Crippen LogP contribution in [0.4, 0.5) is 0 Å². The first-order valence-corrected chi connectivity index (χ1v) is 6.60. The largest absolute Gasteiger partial charge is 0.497 e. The van der Waals surface area contributed by atoms with Crippen molar-refractivity contribution >= 4 is 11.3 Å². The highest BCUT2D eigenvalue weighted by atomic mass is 32.1. The normalized spacial score (nSPS) is 10.3. The third-order valence-corrected chi connectivity index (χ3v) is 3.38. The van der Waals surface area contributed by atoms with Crippen LogP contribution < -0.4 is 15.2 Å². The summed E-state index contributed by atoms with van der Waals surface area (Å²) in [6.07, 6.45) is 0.794. The molecule has 0 aliphatic heterocycles. The maximum Gasteiger partial charge on any atom is 0.119 e. The molecule has 0 amide bonds. The van der Waals surface area contributed by atoms with Gasteiger partial charge >= 0.3 is 0 Å². The van der Waals surface area contributed by atoms with Gasteiger partial charge in [0, 0.05) is 18.3 Å². The van der Waals surface area contributed by atoms with Crippen LogP contribution in [-0.4, -0.2) is 18.7 Å². The van der Waals surface area contributed by atoms with Gasteiger partial charge in [-0.3, -0.25) is 0 Å². The number of rotatable bonds is 6. The van der Waals surface area contributed by atoms with Crippen LogP contribution in [0.5, 0.6) is 11.5 Å². The van der Waals surface area contributed by atoms with Gasteiger partial charge in [-0.15, -0.1) is 11.3 Å². The molecule has 2 N–H and O–H groups in total. The first-order valence-electron chi connectivity index (χ1n) is 5.72. The lowest BCUT2D eigenvalue weighted by Crippen LogP contribution is -2.02. The first kappa shape index (κ1) is 12.9. The molecule has 1 aromatic heterocycles. The fraction of sp³-hybridized carbons (Fsp3) is 0.308. The minimum absolute atomic E-state index is 0.504. The monoisotopic (exact) mass is 264 g/mol. The Labute approximate surface area is 110 Å². The number of methoxy groups -OCH3 is 1. The van der Waals surface area contributed by atoms with Gasteiger partial charge in [-0.05, 0) is 24.3 Å². The summed E-state index contributed by atoms with van der Waals surface area (Å²) < 4.78 is 10.7. The SMILES string of the molecule is COc1ccc(OCCc2csc(CN)n2)cc1. The van der Waals surface area contributed by atoms with Crippen LogP contribution in [0.15, 0.2) is 29.6 Å². The molecule has 0 bridgehead atoms. The maximum atomic E-state index is 5.63. The average molecular weight is 264 g/mol. The van der Waals surface area contributed by atoms with Gasteiger partial charge in [-0.1, -0.05) is 0 Å². The van der Waals surface area contributed by atoms with Gasteiger partial charge in [0.15, 0.2) is 0 Å². The van der Waals surface area contributed by atoms with Gasteiger partial charge in [0.05, 0.1) is 19.4 Å². The van der Waals surface area contributed by atoms with Crippen molar-refractivity contribution in [2.75, 3.05) is 13.7 Å². The first-order chi connectivity index (χ1) is 8.81. The van der Waals surface area contributed by atoms with Gasteiger partial charge < -0.3 is 15.2 Å². The van der Waals surface area contributed by atoms with E-state index < -0.39 is 0 Å². The fourth-order valence-electron chi connectivity index (χ4n) is 1.50. The van der Waals surface area contributed by atoms with Crippen molar-refractivity contribution < 1.29 is 9.47 Å². The van der Waals surface area contributed by atoms with E-state index in [1.165, 1.54) is 0 Å². The lowest BCUT2D eigenvalue weighted by atomic mass is 10.3. The summed E-state index contributed by atoms with van der Waals surface area (Å²) in [7, 11) is 1.65. The third-order valence-electron chi connectivity index (χ3n) is 2.46. The summed E-state index contributed by atoms with van der Waals surface area (Å²) in [6.45, 7) is 1.12. The zero-order valence-corrected chi connectivity index (χ0v) is 11.1. The van der Waals surface area contributed by atoms with Crippen LogP contribution >= 0.6 is 11.3 Å². The molecule has 0 spiro atoms. The highest BCUT2D eigenvalue weighted by Gasteiger charge is 2.01.